The second-order valence-corrected chi connectivity index (χ2v) is 5.94. The van der Waals surface area contributed by atoms with Crippen LogP contribution in [-0.4, -0.2) is 54.0 Å². The second kappa shape index (κ2) is 7.48. The first-order valence-corrected chi connectivity index (χ1v) is 8.25. The number of nitrogens with one attached hydrogen (secondary N) is 1. The number of amides is 2. The summed E-state index contributed by atoms with van der Waals surface area (Å²) in [5, 5.41) is 2.75. The minimum absolute atomic E-state index is 0.102. The summed E-state index contributed by atoms with van der Waals surface area (Å²) >= 11 is 0. The molecular formula is C18H21N3O4. The fraction of sp³-hybridized carbons (Fsp3) is 0.389. The molecule has 2 amide bonds. The van der Waals surface area contributed by atoms with Crippen LogP contribution in [0, 0.1) is 6.92 Å². The number of carbonyl (C=O) groups excluding carboxylic acids is 2. The van der Waals surface area contributed by atoms with E-state index in [2.05, 4.69) is 10.3 Å². The Morgan fingerprint density at radius 3 is 2.64 bits per heavy atom. The quantitative estimate of drug-likeness (QED) is 0.912. The van der Waals surface area contributed by atoms with E-state index in [0.717, 1.165) is 0 Å². The Morgan fingerprint density at radius 1 is 1.24 bits per heavy atom. The largest absolute Gasteiger partial charge is 0.463 e. The van der Waals surface area contributed by atoms with Crippen molar-refractivity contribution in [2.24, 2.45) is 0 Å². The van der Waals surface area contributed by atoms with Crippen LogP contribution in [0.1, 0.15) is 23.0 Å². The summed E-state index contributed by atoms with van der Waals surface area (Å²) in [6.07, 6.45) is 1.58. The lowest BCUT2D eigenvalue weighted by atomic mass is 10.1. The van der Waals surface area contributed by atoms with E-state index < -0.39 is 6.04 Å². The van der Waals surface area contributed by atoms with Crippen molar-refractivity contribution in [2.45, 2.75) is 19.9 Å². The molecule has 2 aromatic heterocycles. The number of aromatic nitrogens is 1. The van der Waals surface area contributed by atoms with Crippen LogP contribution in [0.5, 0.6) is 0 Å². The molecule has 3 rings (SSSR count). The summed E-state index contributed by atoms with van der Waals surface area (Å²) in [6.45, 7) is 5.62. The van der Waals surface area contributed by atoms with Crippen molar-refractivity contribution in [3.8, 4) is 11.5 Å². The molecule has 132 valence electrons. The lowest BCUT2D eigenvalue weighted by molar-refractivity contribution is -0.136. The summed E-state index contributed by atoms with van der Waals surface area (Å²) in [5.41, 5.74) is 1.69. The summed E-state index contributed by atoms with van der Waals surface area (Å²) < 4.78 is 10.6. The summed E-state index contributed by atoms with van der Waals surface area (Å²) in [6, 6.07) is 6.42. The van der Waals surface area contributed by atoms with Gasteiger partial charge in [-0.1, -0.05) is 0 Å². The van der Waals surface area contributed by atoms with E-state index in [4.69, 9.17) is 9.15 Å². The minimum atomic E-state index is -0.602. The van der Waals surface area contributed by atoms with Crippen LogP contribution in [0.3, 0.4) is 0 Å². The first kappa shape index (κ1) is 17.2. The smallest absolute Gasteiger partial charge is 0.253 e. The third-order valence-corrected chi connectivity index (χ3v) is 4.14. The normalized spacial score (nSPS) is 15.7. The topological polar surface area (TPSA) is 84.7 Å². The second-order valence-electron chi connectivity index (χ2n) is 5.94. The SMILES string of the molecule is Cc1nc(-c2ccco2)ccc1C(=O)NC(C)C(=O)N1CCOCC1. The number of ether oxygens (including phenoxy) is 1. The Labute approximate surface area is 146 Å². The minimum Gasteiger partial charge on any atom is -0.463 e. The fourth-order valence-electron chi connectivity index (χ4n) is 2.76. The van der Waals surface area contributed by atoms with Gasteiger partial charge in [-0.3, -0.25) is 9.59 Å². The van der Waals surface area contributed by atoms with Gasteiger partial charge in [0.25, 0.3) is 5.91 Å². The van der Waals surface area contributed by atoms with E-state index in [9.17, 15) is 9.59 Å². The molecule has 1 N–H and O–H groups in total. The third-order valence-electron chi connectivity index (χ3n) is 4.14. The molecule has 3 heterocycles. The number of nitrogens with zero attached hydrogens (tertiary/aromatic N) is 2. The number of furan rings is 1. The molecule has 2 aromatic rings. The zero-order chi connectivity index (χ0) is 17.8. The molecule has 1 saturated heterocycles. The van der Waals surface area contributed by atoms with Gasteiger partial charge in [0, 0.05) is 13.1 Å². The van der Waals surface area contributed by atoms with E-state index in [-0.39, 0.29) is 11.8 Å². The van der Waals surface area contributed by atoms with Gasteiger partial charge < -0.3 is 19.4 Å². The van der Waals surface area contributed by atoms with Gasteiger partial charge >= 0.3 is 0 Å². The standard InChI is InChI=1S/C18H21N3O4/c1-12-14(5-6-15(19-12)16-4-3-9-25-16)17(22)20-13(2)18(23)21-7-10-24-11-8-21/h3-6,9,13H,7-8,10-11H2,1-2H3,(H,20,22). The zero-order valence-corrected chi connectivity index (χ0v) is 14.3. The Hall–Kier alpha value is -2.67. The molecule has 1 unspecified atom stereocenters. The molecule has 1 atom stereocenters. The number of rotatable bonds is 4. The number of aryl methyl sites for hydroxylation is 1. The summed E-state index contributed by atoms with van der Waals surface area (Å²) in [7, 11) is 0. The number of carbonyl (C=O) groups is 2. The van der Waals surface area contributed by atoms with Crippen LogP contribution in [0.4, 0.5) is 0 Å². The molecule has 1 aliphatic heterocycles. The maximum Gasteiger partial charge on any atom is 0.253 e. The molecule has 0 radical (unpaired) electrons. The summed E-state index contributed by atoms with van der Waals surface area (Å²) in [5.74, 6) is 0.227. The van der Waals surface area contributed by atoms with Crippen LogP contribution in [0.2, 0.25) is 0 Å². The van der Waals surface area contributed by atoms with Crippen molar-refractivity contribution >= 4 is 11.8 Å². The maximum atomic E-state index is 12.5. The van der Waals surface area contributed by atoms with E-state index >= 15 is 0 Å². The van der Waals surface area contributed by atoms with Crippen LogP contribution in [-0.2, 0) is 9.53 Å². The molecule has 25 heavy (non-hydrogen) atoms. The van der Waals surface area contributed by atoms with Gasteiger partial charge in [-0.25, -0.2) is 4.98 Å². The monoisotopic (exact) mass is 343 g/mol. The van der Waals surface area contributed by atoms with Gasteiger partial charge in [-0.15, -0.1) is 0 Å². The van der Waals surface area contributed by atoms with Gasteiger partial charge in [0.1, 0.15) is 11.7 Å². The van der Waals surface area contributed by atoms with Gasteiger partial charge in [0.05, 0.1) is 30.7 Å². The highest BCUT2D eigenvalue weighted by molar-refractivity contribution is 5.98. The number of hydrogen-bond acceptors (Lipinski definition) is 5. The highest BCUT2D eigenvalue weighted by Crippen LogP contribution is 2.19. The lowest BCUT2D eigenvalue weighted by Crippen LogP contribution is -2.50. The Balaban J connectivity index is 1.67. The lowest BCUT2D eigenvalue weighted by Gasteiger charge is -2.29. The number of pyridine rings is 1. The number of morpholine rings is 1. The molecule has 0 spiro atoms. The molecule has 0 bridgehead atoms. The van der Waals surface area contributed by atoms with E-state index in [0.29, 0.717) is 49.0 Å². The molecule has 1 aliphatic rings. The van der Waals surface area contributed by atoms with Gasteiger partial charge in [-0.2, -0.15) is 0 Å². The predicted molar refractivity (Wildman–Crippen MR) is 91.0 cm³/mol. The van der Waals surface area contributed by atoms with Crippen LogP contribution in [0.25, 0.3) is 11.5 Å². The van der Waals surface area contributed by atoms with Crippen molar-refractivity contribution in [1.29, 1.82) is 0 Å². The molecule has 0 aliphatic carbocycles. The number of hydrogen-bond donors (Lipinski definition) is 1. The molecule has 0 saturated carbocycles. The average Bonchev–Trinajstić information content (AvgIpc) is 3.16. The molecular weight excluding hydrogens is 322 g/mol. The van der Waals surface area contributed by atoms with Gasteiger partial charge in [0.2, 0.25) is 5.91 Å². The molecule has 7 heteroatoms. The Morgan fingerprint density at radius 2 is 2.00 bits per heavy atom. The Bertz CT molecular complexity index is 752. The van der Waals surface area contributed by atoms with E-state index in [1.165, 1.54) is 0 Å². The van der Waals surface area contributed by atoms with Crippen LogP contribution < -0.4 is 5.32 Å². The summed E-state index contributed by atoms with van der Waals surface area (Å²) in [4.78, 5) is 31.0. The highest BCUT2D eigenvalue weighted by atomic mass is 16.5. The molecule has 1 fully saturated rings. The van der Waals surface area contributed by atoms with E-state index in [1.54, 1.807) is 43.2 Å². The molecule has 7 nitrogen and oxygen atoms in total. The maximum absolute atomic E-state index is 12.5. The van der Waals surface area contributed by atoms with Crippen molar-refractivity contribution in [3.05, 3.63) is 41.8 Å². The van der Waals surface area contributed by atoms with Crippen molar-refractivity contribution in [2.75, 3.05) is 26.3 Å². The fourth-order valence-corrected chi connectivity index (χ4v) is 2.76. The first-order valence-electron chi connectivity index (χ1n) is 8.25. The zero-order valence-electron chi connectivity index (χ0n) is 14.3. The van der Waals surface area contributed by atoms with E-state index in [1.807, 2.05) is 6.07 Å². The van der Waals surface area contributed by atoms with Crippen molar-refractivity contribution in [3.63, 3.8) is 0 Å². The Kier molecular flexibility index (Phi) is 5.14. The van der Waals surface area contributed by atoms with Crippen molar-refractivity contribution < 1.29 is 18.7 Å². The van der Waals surface area contributed by atoms with Crippen LogP contribution in [0.15, 0.2) is 34.9 Å². The van der Waals surface area contributed by atoms with Crippen LogP contribution >= 0.6 is 0 Å². The van der Waals surface area contributed by atoms with Gasteiger partial charge in [0.15, 0.2) is 5.76 Å². The third kappa shape index (κ3) is 3.88. The first-order chi connectivity index (χ1) is 12.1. The van der Waals surface area contributed by atoms with Gasteiger partial charge in [-0.05, 0) is 38.1 Å². The average molecular weight is 343 g/mol. The predicted octanol–water partition coefficient (Wildman–Crippen LogP) is 1.63. The highest BCUT2D eigenvalue weighted by Gasteiger charge is 2.24. The van der Waals surface area contributed by atoms with Crippen molar-refractivity contribution in [1.82, 2.24) is 15.2 Å². The molecule has 0 aromatic carbocycles.